The number of nitrogens with zero attached hydrogens (tertiary/aromatic N) is 2. The van der Waals surface area contributed by atoms with E-state index in [0.29, 0.717) is 6.04 Å². The first-order chi connectivity index (χ1) is 8.75. The highest BCUT2D eigenvalue weighted by molar-refractivity contribution is 5.73. The summed E-state index contributed by atoms with van der Waals surface area (Å²) in [6, 6.07) is 9.45. The van der Waals surface area contributed by atoms with Gasteiger partial charge in [0, 0.05) is 32.7 Å². The normalized spacial score (nSPS) is 27.4. The van der Waals surface area contributed by atoms with Crippen molar-refractivity contribution in [3.05, 3.63) is 24.3 Å². The summed E-state index contributed by atoms with van der Waals surface area (Å²) in [7, 11) is 2.19. The van der Waals surface area contributed by atoms with Crippen molar-refractivity contribution in [1.82, 2.24) is 5.32 Å². The number of nitrogens with one attached hydrogen (secondary N) is 1. The minimum atomic E-state index is 0.664. The predicted octanol–water partition coefficient (Wildman–Crippen LogP) is 1.94. The van der Waals surface area contributed by atoms with Gasteiger partial charge in [-0.1, -0.05) is 12.1 Å². The molecule has 0 bridgehead atoms. The molecule has 1 N–H and O–H groups in total. The molecule has 3 heteroatoms. The van der Waals surface area contributed by atoms with Crippen LogP contribution in [0.5, 0.6) is 0 Å². The molecule has 1 fully saturated rings. The number of anilines is 2. The first-order valence-electron chi connectivity index (χ1n) is 7.04. The van der Waals surface area contributed by atoms with E-state index in [1.807, 2.05) is 0 Å². The van der Waals surface area contributed by atoms with Crippen molar-refractivity contribution in [1.29, 1.82) is 0 Å². The molecule has 1 aromatic carbocycles. The lowest BCUT2D eigenvalue weighted by molar-refractivity contribution is 0.467. The zero-order valence-electron chi connectivity index (χ0n) is 11.4. The molecule has 2 aliphatic heterocycles. The third kappa shape index (κ3) is 2.07. The molecule has 2 atom stereocenters. The van der Waals surface area contributed by atoms with Crippen LogP contribution in [0.2, 0.25) is 0 Å². The predicted molar refractivity (Wildman–Crippen MR) is 77.5 cm³/mol. The summed E-state index contributed by atoms with van der Waals surface area (Å²) in [4.78, 5) is 4.94. The highest BCUT2D eigenvalue weighted by atomic mass is 15.3. The Morgan fingerprint density at radius 1 is 1.22 bits per heavy atom. The third-order valence-electron chi connectivity index (χ3n) is 4.48. The molecule has 98 valence electrons. The molecule has 2 unspecified atom stereocenters. The molecular formula is C15H23N3. The van der Waals surface area contributed by atoms with Crippen molar-refractivity contribution in [2.75, 3.05) is 43.0 Å². The zero-order chi connectivity index (χ0) is 12.5. The largest absolute Gasteiger partial charge is 0.371 e. The molecule has 0 radical (unpaired) electrons. The van der Waals surface area contributed by atoms with E-state index in [-0.39, 0.29) is 0 Å². The Kier molecular flexibility index (Phi) is 3.16. The van der Waals surface area contributed by atoms with Crippen LogP contribution < -0.4 is 15.1 Å². The van der Waals surface area contributed by atoms with Crippen molar-refractivity contribution in [3.8, 4) is 0 Å². The maximum absolute atomic E-state index is 3.55. The van der Waals surface area contributed by atoms with E-state index in [0.717, 1.165) is 19.0 Å². The third-order valence-corrected chi connectivity index (χ3v) is 4.48. The monoisotopic (exact) mass is 245 g/mol. The quantitative estimate of drug-likeness (QED) is 0.859. The van der Waals surface area contributed by atoms with E-state index >= 15 is 0 Å². The van der Waals surface area contributed by atoms with Gasteiger partial charge in [-0.25, -0.2) is 0 Å². The smallest absolute Gasteiger partial charge is 0.0604 e. The van der Waals surface area contributed by atoms with Crippen LogP contribution in [-0.2, 0) is 0 Å². The second kappa shape index (κ2) is 4.81. The number of fused-ring (bicyclic) bond motifs is 1. The maximum Gasteiger partial charge on any atom is 0.0604 e. The van der Waals surface area contributed by atoms with Gasteiger partial charge in [0.1, 0.15) is 0 Å². The molecule has 2 heterocycles. The fourth-order valence-corrected chi connectivity index (χ4v) is 3.20. The fourth-order valence-electron chi connectivity index (χ4n) is 3.20. The molecule has 0 aromatic heterocycles. The average Bonchev–Trinajstić information content (AvgIpc) is 2.79. The van der Waals surface area contributed by atoms with E-state index in [1.165, 1.54) is 30.9 Å². The molecule has 0 aliphatic carbocycles. The molecule has 3 nitrogen and oxygen atoms in total. The summed E-state index contributed by atoms with van der Waals surface area (Å²) >= 11 is 0. The first-order valence-corrected chi connectivity index (χ1v) is 7.04. The van der Waals surface area contributed by atoms with E-state index in [4.69, 9.17) is 0 Å². The Morgan fingerprint density at radius 3 is 2.72 bits per heavy atom. The Hall–Kier alpha value is -1.22. The maximum atomic E-state index is 3.55. The minimum absolute atomic E-state index is 0.664. The highest BCUT2D eigenvalue weighted by Crippen LogP contribution is 2.33. The number of likely N-dealkylation sites (N-methyl/N-ethyl adjacent to an activating group) is 1. The van der Waals surface area contributed by atoms with Gasteiger partial charge in [0.05, 0.1) is 11.4 Å². The van der Waals surface area contributed by atoms with Gasteiger partial charge in [-0.2, -0.15) is 0 Å². The van der Waals surface area contributed by atoms with Crippen LogP contribution in [0.25, 0.3) is 0 Å². The summed E-state index contributed by atoms with van der Waals surface area (Å²) < 4.78 is 0. The summed E-state index contributed by atoms with van der Waals surface area (Å²) in [5, 5.41) is 3.55. The van der Waals surface area contributed by atoms with Gasteiger partial charge < -0.3 is 15.1 Å². The number of para-hydroxylation sites is 2. The van der Waals surface area contributed by atoms with Crippen LogP contribution >= 0.6 is 0 Å². The average molecular weight is 245 g/mol. The van der Waals surface area contributed by atoms with Crippen molar-refractivity contribution < 1.29 is 0 Å². The molecule has 0 spiro atoms. The lowest BCUT2D eigenvalue weighted by atomic mass is 10.0. The minimum Gasteiger partial charge on any atom is -0.371 e. The van der Waals surface area contributed by atoms with Gasteiger partial charge in [-0.3, -0.25) is 0 Å². The highest BCUT2D eigenvalue weighted by Gasteiger charge is 2.27. The van der Waals surface area contributed by atoms with Crippen LogP contribution in [0.4, 0.5) is 11.4 Å². The van der Waals surface area contributed by atoms with Gasteiger partial charge in [-0.15, -0.1) is 0 Å². The SMILES string of the molecule is CC1NCCC1CN1CCN(C)c2ccccc21. The molecule has 2 aliphatic rings. The molecule has 18 heavy (non-hydrogen) atoms. The van der Waals surface area contributed by atoms with Crippen molar-refractivity contribution in [2.45, 2.75) is 19.4 Å². The lowest BCUT2D eigenvalue weighted by Crippen LogP contribution is -2.43. The first kappa shape index (κ1) is 11.8. The number of hydrogen-bond donors (Lipinski definition) is 1. The standard InChI is InChI=1S/C15H23N3/c1-12-13(7-8-16-12)11-18-10-9-17(2)14-5-3-4-6-15(14)18/h3-6,12-13,16H,7-11H2,1-2H3. The Balaban J connectivity index is 1.79. The van der Waals surface area contributed by atoms with E-state index < -0.39 is 0 Å². The lowest BCUT2D eigenvalue weighted by Gasteiger charge is -2.38. The van der Waals surface area contributed by atoms with Gasteiger partial charge in [0.15, 0.2) is 0 Å². The summed E-state index contributed by atoms with van der Waals surface area (Å²) in [5.74, 6) is 0.793. The molecule has 0 amide bonds. The number of hydrogen-bond acceptors (Lipinski definition) is 3. The van der Waals surface area contributed by atoms with Crippen molar-refractivity contribution in [2.24, 2.45) is 5.92 Å². The molecular weight excluding hydrogens is 222 g/mol. The van der Waals surface area contributed by atoms with Gasteiger partial charge in [-0.05, 0) is 37.9 Å². The summed E-state index contributed by atoms with van der Waals surface area (Å²) in [6.45, 7) is 6.97. The molecule has 3 rings (SSSR count). The van der Waals surface area contributed by atoms with Crippen molar-refractivity contribution in [3.63, 3.8) is 0 Å². The van der Waals surface area contributed by atoms with E-state index in [2.05, 4.69) is 53.4 Å². The van der Waals surface area contributed by atoms with Crippen LogP contribution in [0.3, 0.4) is 0 Å². The Labute approximate surface area is 110 Å². The molecule has 0 saturated carbocycles. The van der Waals surface area contributed by atoms with Crippen LogP contribution in [0, 0.1) is 5.92 Å². The summed E-state index contributed by atoms with van der Waals surface area (Å²) in [6.07, 6.45) is 1.32. The summed E-state index contributed by atoms with van der Waals surface area (Å²) in [5.41, 5.74) is 2.78. The zero-order valence-corrected chi connectivity index (χ0v) is 11.4. The molecule has 1 aromatic rings. The number of benzene rings is 1. The fraction of sp³-hybridized carbons (Fsp3) is 0.600. The Morgan fingerprint density at radius 2 is 2.00 bits per heavy atom. The second-order valence-corrected chi connectivity index (χ2v) is 5.65. The van der Waals surface area contributed by atoms with Gasteiger partial charge >= 0.3 is 0 Å². The topological polar surface area (TPSA) is 18.5 Å². The van der Waals surface area contributed by atoms with Crippen LogP contribution in [0.1, 0.15) is 13.3 Å². The van der Waals surface area contributed by atoms with Gasteiger partial charge in [0.25, 0.3) is 0 Å². The van der Waals surface area contributed by atoms with Crippen LogP contribution in [0.15, 0.2) is 24.3 Å². The molecule has 1 saturated heterocycles. The van der Waals surface area contributed by atoms with E-state index in [9.17, 15) is 0 Å². The number of rotatable bonds is 2. The Bertz CT molecular complexity index is 418. The second-order valence-electron chi connectivity index (χ2n) is 5.65. The van der Waals surface area contributed by atoms with E-state index in [1.54, 1.807) is 0 Å². The van der Waals surface area contributed by atoms with Crippen LogP contribution in [-0.4, -0.2) is 39.3 Å². The van der Waals surface area contributed by atoms with Gasteiger partial charge in [0.2, 0.25) is 0 Å². The van der Waals surface area contributed by atoms with Crippen molar-refractivity contribution >= 4 is 11.4 Å².